The average molecular weight is 783 g/mol. The highest BCUT2D eigenvalue weighted by atomic mass is 16.8. The molecule has 0 aromatic rings. The summed E-state index contributed by atoms with van der Waals surface area (Å²) in [5, 5.41) is 97.3. The van der Waals surface area contributed by atoms with E-state index >= 15 is 0 Å². The van der Waals surface area contributed by atoms with Crippen LogP contribution in [0.25, 0.3) is 0 Å². The zero-order chi connectivity index (χ0) is 40.6. The molecule has 3 saturated carbocycles. The molecule has 0 bridgehead atoms. The van der Waals surface area contributed by atoms with Gasteiger partial charge < -0.3 is 64.9 Å². The van der Waals surface area contributed by atoms with Gasteiger partial charge in [0.05, 0.1) is 31.0 Å². The molecule has 19 atom stereocenters. The minimum atomic E-state index is -1.76. The van der Waals surface area contributed by atoms with Crippen LogP contribution in [0, 0.1) is 39.4 Å². The summed E-state index contributed by atoms with van der Waals surface area (Å²) in [6, 6.07) is 0. The fourth-order valence-corrected chi connectivity index (χ4v) is 12.6. The zero-order valence-electron chi connectivity index (χ0n) is 34.0. The molecule has 55 heavy (non-hydrogen) atoms. The van der Waals surface area contributed by atoms with E-state index in [0.29, 0.717) is 19.3 Å². The molecule has 6 rings (SSSR count). The van der Waals surface area contributed by atoms with Crippen molar-refractivity contribution in [3.8, 4) is 0 Å². The van der Waals surface area contributed by atoms with Crippen molar-refractivity contribution in [3.63, 3.8) is 0 Å². The maximum atomic E-state index is 12.2. The first-order chi connectivity index (χ1) is 25.6. The van der Waals surface area contributed by atoms with E-state index in [4.69, 9.17) is 18.9 Å². The van der Waals surface area contributed by atoms with Crippen molar-refractivity contribution >= 4 is 0 Å². The summed E-state index contributed by atoms with van der Waals surface area (Å²) in [6.07, 6.45) is -5.66. The van der Waals surface area contributed by atoms with E-state index in [0.717, 1.165) is 32.1 Å². The van der Waals surface area contributed by atoms with Gasteiger partial charge in [-0.3, -0.25) is 0 Å². The molecule has 2 aliphatic heterocycles. The van der Waals surface area contributed by atoms with Gasteiger partial charge in [0, 0.05) is 5.41 Å². The smallest absolute Gasteiger partial charge is 0.187 e. The molecule has 9 N–H and O–H groups in total. The molecule has 13 heteroatoms. The highest BCUT2D eigenvalue weighted by Crippen LogP contribution is 2.74. The lowest BCUT2D eigenvalue weighted by Gasteiger charge is -2.68. The largest absolute Gasteiger partial charge is 0.394 e. The molecule has 0 radical (unpaired) electrons. The van der Waals surface area contributed by atoms with Gasteiger partial charge in [-0.05, 0) is 106 Å². The maximum absolute atomic E-state index is 12.2. The van der Waals surface area contributed by atoms with E-state index in [1.165, 1.54) is 11.1 Å². The van der Waals surface area contributed by atoms with Crippen molar-refractivity contribution in [1.29, 1.82) is 0 Å². The number of ether oxygens (including phenoxy) is 4. The average Bonchev–Trinajstić information content (AvgIpc) is 3.50. The quantitative estimate of drug-likeness (QED) is 0.145. The Balaban J connectivity index is 1.25. The molecule has 0 amide bonds. The number of aliphatic hydroxyl groups is 9. The van der Waals surface area contributed by atoms with Crippen LogP contribution in [0.15, 0.2) is 23.3 Å². The predicted molar refractivity (Wildman–Crippen MR) is 201 cm³/mol. The molecule has 316 valence electrons. The summed E-state index contributed by atoms with van der Waals surface area (Å²) in [5.74, 6) is 0.140. The molecule has 2 saturated heterocycles. The van der Waals surface area contributed by atoms with Crippen molar-refractivity contribution in [3.05, 3.63) is 23.3 Å². The number of hydrogen-bond donors (Lipinski definition) is 9. The Labute approximate surface area is 326 Å². The van der Waals surface area contributed by atoms with Gasteiger partial charge in [0.1, 0.15) is 48.8 Å². The molecule has 0 spiro atoms. The molecule has 13 nitrogen and oxygen atoms in total. The van der Waals surface area contributed by atoms with E-state index in [9.17, 15) is 46.0 Å². The Bertz CT molecular complexity index is 1430. The van der Waals surface area contributed by atoms with Gasteiger partial charge in [0.2, 0.25) is 0 Å². The summed E-state index contributed by atoms with van der Waals surface area (Å²) >= 11 is 0. The van der Waals surface area contributed by atoms with E-state index < -0.39 is 97.8 Å². The van der Waals surface area contributed by atoms with Gasteiger partial charge >= 0.3 is 0 Å². The summed E-state index contributed by atoms with van der Waals surface area (Å²) < 4.78 is 24.3. The van der Waals surface area contributed by atoms with Gasteiger partial charge in [0.25, 0.3) is 0 Å². The maximum Gasteiger partial charge on any atom is 0.187 e. The van der Waals surface area contributed by atoms with Crippen LogP contribution in [0.5, 0.6) is 0 Å². The van der Waals surface area contributed by atoms with Crippen LogP contribution < -0.4 is 0 Å². The summed E-state index contributed by atoms with van der Waals surface area (Å²) in [6.45, 7) is 16.1. The van der Waals surface area contributed by atoms with Crippen LogP contribution in [0.4, 0.5) is 0 Å². The SMILES string of the molecule is CC(C)=CCC[C@](C)(O)[C@H]1CC[C@]2(C)[C@@H]1[C@H](O)C[C@@H]1[C@@]3(C)CC[C@H](O[C@@H]4O[C@H](CO)[C@@H](O)[C@H](O)[C@H]4O[C@@H]4O[C@H](CO)[C@@H](O)[C@H](O)[C@H]4O)C(C)(C)C3=CC[C@]12C. The second-order valence-electron chi connectivity index (χ2n) is 19.7. The summed E-state index contributed by atoms with van der Waals surface area (Å²) in [4.78, 5) is 0. The van der Waals surface area contributed by atoms with Crippen LogP contribution in [-0.4, -0.2) is 138 Å². The minimum Gasteiger partial charge on any atom is -0.394 e. The van der Waals surface area contributed by atoms with E-state index in [2.05, 4.69) is 60.6 Å². The molecule has 0 aromatic carbocycles. The number of allylic oxidation sites excluding steroid dienone is 3. The lowest BCUT2D eigenvalue weighted by Crippen LogP contribution is -2.66. The number of rotatable bonds is 10. The standard InChI is InChI=1S/C42H70O13/c1-21(2)10-9-14-42(8,51)22-11-16-41(7)29(22)23(45)18-27-39(5)15-13-28(38(3,4)26(39)12-17-40(27,41)6)54-37-35(33(49)31(47)25(20-44)53-37)55-36-34(50)32(48)30(46)24(19-43)52-36/h10,12,22-25,27-37,43-51H,9,11,13-20H2,1-8H3/t22-,23+,24+,25+,27+,28-,29-,30+,31+,32-,33-,34+,35+,36-,37-,39-,40+,41+,42-/m0/s1. The number of hydrogen-bond acceptors (Lipinski definition) is 13. The Kier molecular flexibility index (Phi) is 12.3. The fraction of sp³-hybridized carbons (Fsp3) is 0.905. The first-order valence-corrected chi connectivity index (χ1v) is 20.6. The van der Waals surface area contributed by atoms with Gasteiger partial charge in [-0.2, -0.15) is 0 Å². The molecule has 6 aliphatic rings. The third-order valence-corrected chi connectivity index (χ3v) is 15.9. The van der Waals surface area contributed by atoms with Crippen LogP contribution in [-0.2, 0) is 18.9 Å². The van der Waals surface area contributed by atoms with E-state index in [-0.39, 0.29) is 34.0 Å². The highest BCUT2D eigenvalue weighted by molar-refractivity contribution is 5.34. The molecule has 4 aliphatic carbocycles. The number of aliphatic hydroxyl groups excluding tert-OH is 8. The minimum absolute atomic E-state index is 0.000140. The second kappa shape index (κ2) is 15.5. The molecule has 0 aromatic heterocycles. The fourth-order valence-electron chi connectivity index (χ4n) is 12.6. The Hall–Kier alpha value is -1.04. The van der Waals surface area contributed by atoms with Crippen molar-refractivity contribution in [2.45, 2.75) is 186 Å². The van der Waals surface area contributed by atoms with Crippen LogP contribution in [0.1, 0.15) is 107 Å². The second-order valence-corrected chi connectivity index (χ2v) is 19.7. The Morgan fingerprint density at radius 3 is 2.05 bits per heavy atom. The van der Waals surface area contributed by atoms with Crippen molar-refractivity contribution < 1.29 is 64.9 Å². The van der Waals surface area contributed by atoms with E-state index in [1.54, 1.807) is 0 Å². The van der Waals surface area contributed by atoms with Gasteiger partial charge in [-0.1, -0.05) is 57.9 Å². The van der Waals surface area contributed by atoms with Crippen LogP contribution in [0.2, 0.25) is 0 Å². The first kappa shape index (κ1) is 43.5. The zero-order valence-corrected chi connectivity index (χ0v) is 34.0. The molecule has 5 fully saturated rings. The van der Waals surface area contributed by atoms with Gasteiger partial charge in [-0.15, -0.1) is 0 Å². The Morgan fingerprint density at radius 1 is 0.818 bits per heavy atom. The normalized spacial score (nSPS) is 50.6. The van der Waals surface area contributed by atoms with Crippen molar-refractivity contribution in [1.82, 2.24) is 0 Å². The van der Waals surface area contributed by atoms with Crippen molar-refractivity contribution in [2.24, 2.45) is 39.4 Å². The lowest BCUT2D eigenvalue weighted by molar-refractivity contribution is -0.375. The molecular formula is C42H70O13. The highest BCUT2D eigenvalue weighted by Gasteiger charge is 2.70. The monoisotopic (exact) mass is 782 g/mol. The third-order valence-electron chi connectivity index (χ3n) is 15.9. The van der Waals surface area contributed by atoms with Gasteiger partial charge in [0.15, 0.2) is 12.6 Å². The van der Waals surface area contributed by atoms with Crippen molar-refractivity contribution in [2.75, 3.05) is 13.2 Å². The van der Waals surface area contributed by atoms with Crippen LogP contribution in [0.3, 0.4) is 0 Å². The molecular weight excluding hydrogens is 712 g/mol. The lowest BCUT2D eigenvalue weighted by atomic mass is 9.37. The number of fused-ring (bicyclic) bond motifs is 5. The topological polar surface area (TPSA) is 219 Å². The molecule has 0 unspecified atom stereocenters. The predicted octanol–water partition coefficient (Wildman–Crippen LogP) is 2.07. The Morgan fingerprint density at radius 2 is 1.44 bits per heavy atom. The summed E-state index contributed by atoms with van der Waals surface area (Å²) in [5.41, 5.74) is 0.394. The van der Waals surface area contributed by atoms with E-state index in [1.807, 2.05) is 6.92 Å². The molecule has 2 heterocycles. The van der Waals surface area contributed by atoms with Gasteiger partial charge in [-0.25, -0.2) is 0 Å². The summed E-state index contributed by atoms with van der Waals surface area (Å²) in [7, 11) is 0. The third kappa shape index (κ3) is 7.12. The van der Waals surface area contributed by atoms with Crippen LogP contribution >= 0.6 is 0 Å². The first-order valence-electron chi connectivity index (χ1n) is 20.6.